The predicted octanol–water partition coefficient (Wildman–Crippen LogP) is 5.01. The minimum Gasteiger partial charge on any atom is -0.168 e. The standard InChI is InChI=1S/2C9H7.C3H8O.ClH.H2Si.Zr/c2*1-2-5-9-7-3-6-8(9)4-1;1-3(2)4;;;/h2*1-7H;3-4H,1-2H3;1H;1H2;/q2*-1;;;;+2. The fourth-order valence-electron chi connectivity index (χ4n) is 2.14. The van der Waals surface area contributed by atoms with E-state index in [4.69, 9.17) is 5.11 Å². The van der Waals surface area contributed by atoms with Crippen molar-refractivity contribution in [2.45, 2.75) is 20.0 Å². The maximum Gasteiger partial charge on any atom is -0.0809 e. The second-order valence-corrected chi connectivity index (χ2v) is 5.40. The van der Waals surface area contributed by atoms with Crippen molar-refractivity contribution in [2.24, 2.45) is 0 Å². The molecule has 0 radical (unpaired) electrons. The summed E-state index contributed by atoms with van der Waals surface area (Å²) < 4.78 is 0. The smallest absolute Gasteiger partial charge is 0.0809 e. The van der Waals surface area contributed by atoms with Crippen molar-refractivity contribution in [3.05, 3.63) is 84.9 Å². The van der Waals surface area contributed by atoms with Gasteiger partial charge in [0.1, 0.15) is 0 Å². The maximum atomic E-state index is 8.06. The summed E-state index contributed by atoms with van der Waals surface area (Å²) in [4.78, 5) is 0. The predicted molar refractivity (Wildman–Crippen MR) is 112 cm³/mol. The zero-order valence-corrected chi connectivity index (χ0v) is 19.4. The molecule has 4 rings (SSSR count). The van der Waals surface area contributed by atoms with Crippen LogP contribution in [0.25, 0.3) is 21.5 Å². The van der Waals surface area contributed by atoms with Crippen molar-refractivity contribution in [2.75, 3.05) is 0 Å². The summed E-state index contributed by atoms with van der Waals surface area (Å²) in [5.74, 6) is 0. The van der Waals surface area contributed by atoms with Crippen LogP contribution in [0.1, 0.15) is 13.8 Å². The Labute approximate surface area is 173 Å². The van der Waals surface area contributed by atoms with Gasteiger partial charge in [0, 0.05) is 6.10 Å². The van der Waals surface area contributed by atoms with E-state index in [1.54, 1.807) is 37.2 Å². The second kappa shape index (κ2) is 14.2. The molecule has 25 heavy (non-hydrogen) atoms. The first-order valence-corrected chi connectivity index (χ1v) is 13.8. The number of hydrogen-bond donors (Lipinski definition) is 1. The van der Waals surface area contributed by atoms with Gasteiger partial charge in [0.2, 0.25) is 0 Å². The maximum absolute atomic E-state index is 8.06. The second-order valence-electron chi connectivity index (χ2n) is 5.40. The van der Waals surface area contributed by atoms with Crippen LogP contribution in [0.5, 0.6) is 0 Å². The van der Waals surface area contributed by atoms with Crippen molar-refractivity contribution in [3.63, 3.8) is 0 Å². The Morgan fingerprint density at radius 2 is 1.08 bits per heavy atom. The van der Waals surface area contributed by atoms with E-state index < -0.39 is 0 Å². The van der Waals surface area contributed by atoms with E-state index in [0.717, 1.165) is 0 Å². The van der Waals surface area contributed by atoms with E-state index in [-0.39, 0.29) is 18.5 Å². The van der Waals surface area contributed by atoms with Crippen molar-refractivity contribution >= 4 is 40.8 Å². The molecular weight excluding hydrogens is 423 g/mol. The Kier molecular flexibility index (Phi) is 13.6. The molecule has 0 aromatic heterocycles. The fourth-order valence-corrected chi connectivity index (χ4v) is 2.14. The van der Waals surface area contributed by atoms with E-state index in [0.29, 0.717) is 0 Å². The molecule has 0 amide bonds. The third-order valence-corrected chi connectivity index (χ3v) is 3.10. The van der Waals surface area contributed by atoms with Crippen LogP contribution in [0.4, 0.5) is 0 Å². The molecule has 4 aromatic rings. The molecular formula is C21H25ClOSiZr. The number of aliphatic hydroxyl groups is 1. The molecule has 0 aliphatic rings. The first-order chi connectivity index (χ1) is 11.7. The quantitative estimate of drug-likeness (QED) is 0.297. The van der Waals surface area contributed by atoms with Gasteiger partial charge in [0.05, 0.1) is 0 Å². The molecule has 1 nitrogen and oxygen atoms in total. The van der Waals surface area contributed by atoms with E-state index in [2.05, 4.69) is 84.9 Å². The zero-order valence-electron chi connectivity index (χ0n) is 14.7. The van der Waals surface area contributed by atoms with E-state index in [9.17, 15) is 0 Å². The summed E-state index contributed by atoms with van der Waals surface area (Å²) in [6.07, 6.45) is -0.167. The summed E-state index contributed by atoms with van der Waals surface area (Å²) >= 11 is 1.58. The minimum atomic E-state index is -0.167. The molecule has 0 saturated heterocycles. The largest absolute Gasteiger partial charge is 0.168 e. The molecule has 0 saturated carbocycles. The van der Waals surface area contributed by atoms with Crippen LogP contribution < -0.4 is 0 Å². The van der Waals surface area contributed by atoms with Gasteiger partial charge in [0.15, 0.2) is 0 Å². The van der Waals surface area contributed by atoms with E-state index in [1.165, 1.54) is 21.5 Å². The summed E-state index contributed by atoms with van der Waals surface area (Å²) in [5.41, 5.74) is 0. The van der Waals surface area contributed by atoms with Crippen molar-refractivity contribution in [1.82, 2.24) is 0 Å². The molecule has 1 N–H and O–H groups in total. The normalized spacial score (nSPS) is 9.04. The third kappa shape index (κ3) is 9.32. The van der Waals surface area contributed by atoms with Crippen LogP contribution in [-0.4, -0.2) is 18.1 Å². The number of rotatable bonds is 0. The van der Waals surface area contributed by atoms with Gasteiger partial charge in [-0.05, 0) is 13.8 Å². The summed E-state index contributed by atoms with van der Waals surface area (Å²) in [5, 5.41) is 13.4. The van der Waals surface area contributed by atoms with Crippen LogP contribution in [0, 0.1) is 0 Å². The molecule has 0 spiro atoms. The molecule has 0 bridgehead atoms. The average Bonchev–Trinajstić information content (AvgIpc) is 3.26. The van der Waals surface area contributed by atoms with Gasteiger partial charge in [0.25, 0.3) is 0 Å². The van der Waals surface area contributed by atoms with Gasteiger partial charge in [-0.3, -0.25) is 0 Å². The van der Waals surface area contributed by atoms with Crippen LogP contribution >= 0.6 is 12.4 Å². The Hall–Kier alpha value is -0.990. The van der Waals surface area contributed by atoms with Gasteiger partial charge < -0.3 is 5.11 Å². The van der Waals surface area contributed by atoms with E-state index >= 15 is 0 Å². The molecule has 0 fully saturated rings. The number of hydrogen-bond acceptors (Lipinski definition) is 1. The first kappa shape index (κ1) is 24.0. The third-order valence-electron chi connectivity index (χ3n) is 3.10. The van der Waals surface area contributed by atoms with E-state index in [1.807, 2.05) is 6.88 Å². The van der Waals surface area contributed by atoms with Crippen LogP contribution in [0.3, 0.4) is 0 Å². The van der Waals surface area contributed by atoms with Gasteiger partial charge >= 0.3 is 30.2 Å². The Morgan fingerprint density at radius 3 is 1.40 bits per heavy atom. The number of benzene rings is 2. The van der Waals surface area contributed by atoms with Crippen molar-refractivity contribution in [1.29, 1.82) is 0 Å². The van der Waals surface area contributed by atoms with Gasteiger partial charge in [-0.25, -0.2) is 0 Å². The topological polar surface area (TPSA) is 20.2 Å². The molecule has 0 atom stereocenters. The fraction of sp³-hybridized carbons (Fsp3) is 0.143. The molecule has 0 aliphatic carbocycles. The average molecular weight is 448 g/mol. The molecule has 0 unspecified atom stereocenters. The van der Waals surface area contributed by atoms with Gasteiger partial charge in [-0.15, -0.1) is 71.7 Å². The SMILES string of the molecule is CC(C)O.Cl.[SiH2]=[Zr+2].c1ccc2[cH-]ccc2c1.c1ccc2[cH-]ccc2c1. The Morgan fingerprint density at radius 1 is 0.760 bits per heavy atom. The number of fused-ring (bicyclic) bond motifs is 2. The minimum absolute atomic E-state index is 0. The summed E-state index contributed by atoms with van der Waals surface area (Å²) in [7, 11) is 0. The monoisotopic (exact) mass is 446 g/mol. The Balaban J connectivity index is 0.000000345. The molecule has 0 heterocycles. The van der Waals surface area contributed by atoms with Crippen LogP contribution in [0.2, 0.25) is 0 Å². The zero-order chi connectivity index (χ0) is 17.8. The molecule has 4 aromatic carbocycles. The first-order valence-electron chi connectivity index (χ1n) is 7.91. The summed E-state index contributed by atoms with van der Waals surface area (Å²) in [6, 6.07) is 29.3. The number of aliphatic hydroxyl groups excluding tert-OH is 1. The van der Waals surface area contributed by atoms with Crippen LogP contribution in [0.15, 0.2) is 84.9 Å². The molecule has 0 aliphatic heterocycles. The van der Waals surface area contributed by atoms with Crippen molar-refractivity contribution in [3.8, 4) is 0 Å². The molecule has 4 heteroatoms. The molecule has 130 valence electrons. The van der Waals surface area contributed by atoms with Gasteiger partial charge in [-0.1, -0.05) is 12.1 Å². The summed E-state index contributed by atoms with van der Waals surface area (Å²) in [6.45, 7) is 5.40. The van der Waals surface area contributed by atoms with Crippen LogP contribution in [-0.2, 0) is 23.3 Å². The number of halogens is 1. The van der Waals surface area contributed by atoms with Crippen molar-refractivity contribution < 1.29 is 28.4 Å². The van der Waals surface area contributed by atoms with Gasteiger partial charge in [-0.2, -0.15) is 35.0 Å². The Bertz CT molecular complexity index is 693.